The maximum Gasteiger partial charge on any atom is 0.533 e. The molecule has 1 aliphatic heterocycles. The van der Waals surface area contributed by atoms with Gasteiger partial charge in [-0.2, -0.15) is 0 Å². The van der Waals surface area contributed by atoms with Crippen molar-refractivity contribution in [2.75, 3.05) is 6.61 Å². The molecule has 10 heteroatoms. The Balaban J connectivity index is 1.62. The molecule has 0 aromatic heterocycles. The van der Waals surface area contributed by atoms with Gasteiger partial charge in [0.1, 0.15) is 6.61 Å². The molecule has 0 spiro atoms. The first-order chi connectivity index (χ1) is 16.0. The molecule has 1 heterocycles. The van der Waals surface area contributed by atoms with Crippen LogP contribution in [0.15, 0.2) is 36.4 Å². The quantitative estimate of drug-likeness (QED) is 0.174. The summed E-state index contributed by atoms with van der Waals surface area (Å²) in [6, 6.07) is 11.9. The van der Waals surface area contributed by atoms with Crippen molar-refractivity contribution in [3.05, 3.63) is 58.7 Å². The molecule has 4 rings (SSSR count). The van der Waals surface area contributed by atoms with Crippen molar-refractivity contribution in [2.24, 2.45) is 0 Å². The van der Waals surface area contributed by atoms with Gasteiger partial charge in [-0.15, -0.1) is 0 Å². The minimum atomic E-state index is -1.09. The number of imide groups is 1. The van der Waals surface area contributed by atoms with Crippen LogP contribution in [-0.4, -0.2) is 29.6 Å². The van der Waals surface area contributed by atoms with Gasteiger partial charge in [0.05, 0.1) is 0 Å². The Labute approximate surface area is 223 Å². The molecule has 1 aliphatic carbocycles. The molecule has 33 heavy (non-hydrogen) atoms. The normalized spacial score (nSPS) is 14.1. The van der Waals surface area contributed by atoms with Crippen molar-refractivity contribution in [3.8, 4) is 33.5 Å². The third kappa shape index (κ3) is 5.45. The fraction of sp³-hybridized carbons (Fsp3) is 0.174. The van der Waals surface area contributed by atoms with E-state index in [1.165, 1.54) is 17.9 Å². The Kier molecular flexibility index (Phi) is 8.11. The zero-order valence-corrected chi connectivity index (χ0v) is 22.7. The van der Waals surface area contributed by atoms with Gasteiger partial charge in [0.25, 0.3) is 11.8 Å². The summed E-state index contributed by atoms with van der Waals surface area (Å²) in [7, 11) is 2.80. The lowest BCUT2D eigenvalue weighted by Gasteiger charge is -2.16. The van der Waals surface area contributed by atoms with Crippen LogP contribution in [0.1, 0.15) is 41.0 Å². The Morgan fingerprint density at radius 3 is 1.94 bits per heavy atom. The number of nitrogens with zero attached hydrogens (tertiary/aromatic N) is 1. The fourth-order valence-electron chi connectivity index (χ4n) is 3.76. The monoisotopic (exact) mass is 701 g/mol. The van der Waals surface area contributed by atoms with Crippen LogP contribution >= 0.6 is 60.3 Å². The van der Waals surface area contributed by atoms with E-state index in [-0.39, 0.29) is 25.4 Å². The van der Waals surface area contributed by atoms with Crippen molar-refractivity contribution in [3.63, 3.8) is 0 Å². The summed E-state index contributed by atoms with van der Waals surface area (Å²) in [4.78, 5) is 40.5. The first kappa shape index (κ1) is 24.3. The van der Waals surface area contributed by atoms with Crippen LogP contribution in [-0.2, 0) is 19.2 Å². The van der Waals surface area contributed by atoms with Gasteiger partial charge < -0.3 is 4.74 Å². The molecular weight excluding hydrogens is 688 g/mol. The molecular formula is C23H13I2NO5S2. The third-order valence-electron chi connectivity index (χ3n) is 5.15. The second-order valence-corrected chi connectivity index (χ2v) is 10.4. The summed E-state index contributed by atoms with van der Waals surface area (Å²) in [6.07, 6.45) is -1.05. The fourth-order valence-corrected chi connectivity index (χ4v) is 4.74. The summed E-state index contributed by atoms with van der Waals surface area (Å²) in [5.41, 5.74) is 5.73. The molecule has 0 atom stereocenters. The van der Waals surface area contributed by atoms with Gasteiger partial charge in [0.15, 0.2) is 0 Å². The Morgan fingerprint density at radius 2 is 1.45 bits per heavy atom. The minimum absolute atomic E-state index is 0.0220. The second-order valence-electron chi connectivity index (χ2n) is 7.00. The van der Waals surface area contributed by atoms with E-state index in [2.05, 4.69) is 64.8 Å². The number of hydrogen-bond acceptors (Lipinski definition) is 7. The molecule has 2 amide bonds. The van der Waals surface area contributed by atoms with E-state index in [9.17, 15) is 14.4 Å². The number of hydroxylamine groups is 2. The number of halogens is 2. The van der Waals surface area contributed by atoms with Crippen LogP contribution in [0.4, 0.5) is 4.79 Å². The zero-order chi connectivity index (χ0) is 23.4. The van der Waals surface area contributed by atoms with Gasteiger partial charge in [-0.25, -0.2) is 4.79 Å². The van der Waals surface area contributed by atoms with Crippen molar-refractivity contribution in [1.82, 2.24) is 5.06 Å². The number of ether oxygens (including phenoxy) is 1. The highest BCUT2D eigenvalue weighted by molar-refractivity contribution is 14.2. The molecule has 1 saturated heterocycles. The van der Waals surface area contributed by atoms with E-state index in [1.807, 2.05) is 36.4 Å². The molecule has 0 unspecified atom stereocenters. The number of carbonyl (C=O) groups is 3. The van der Waals surface area contributed by atoms with E-state index in [1.54, 1.807) is 0 Å². The Bertz CT molecular complexity index is 1190. The summed E-state index contributed by atoms with van der Waals surface area (Å²) >= 11 is 4.24. The highest BCUT2D eigenvalue weighted by Crippen LogP contribution is 2.45. The first-order valence-corrected chi connectivity index (χ1v) is 16.3. The van der Waals surface area contributed by atoms with Crippen molar-refractivity contribution in [1.29, 1.82) is 0 Å². The highest BCUT2D eigenvalue weighted by atomic mass is 127. The van der Waals surface area contributed by atoms with E-state index in [4.69, 9.17) is 9.57 Å². The number of amides is 2. The molecule has 0 bridgehead atoms. The predicted octanol–water partition coefficient (Wildman–Crippen LogP) is 5.80. The average molecular weight is 701 g/mol. The summed E-state index contributed by atoms with van der Waals surface area (Å²) in [5, 5.41) is 6.44. The minimum Gasteiger partial charge on any atom is -0.432 e. The van der Waals surface area contributed by atoms with E-state index < -0.39 is 18.0 Å². The van der Waals surface area contributed by atoms with Gasteiger partial charge in [0.2, 0.25) is 0 Å². The molecule has 1 fully saturated rings. The van der Waals surface area contributed by atoms with Gasteiger partial charge in [-0.05, 0) is 74.9 Å². The molecule has 166 valence electrons. The van der Waals surface area contributed by atoms with Crippen LogP contribution in [0.5, 0.6) is 0 Å². The topological polar surface area (TPSA) is 72.9 Å². The molecule has 2 aliphatic rings. The van der Waals surface area contributed by atoms with Crippen LogP contribution in [0, 0.1) is 22.3 Å². The lowest BCUT2D eigenvalue weighted by molar-refractivity contribution is -0.177. The molecule has 6 nitrogen and oxygen atoms in total. The maximum absolute atomic E-state index is 12.2. The second kappa shape index (κ2) is 11.0. The van der Waals surface area contributed by atoms with Crippen LogP contribution in [0.2, 0.25) is 0 Å². The number of fused-ring (bicyclic) bond motifs is 3. The Morgan fingerprint density at radius 1 is 0.939 bits per heavy atom. The van der Waals surface area contributed by atoms with Crippen LogP contribution in [0.3, 0.4) is 0 Å². The maximum atomic E-state index is 12.2. The number of rotatable bonds is 3. The molecule has 0 saturated carbocycles. The van der Waals surface area contributed by atoms with Crippen LogP contribution < -0.4 is 0 Å². The smallest absolute Gasteiger partial charge is 0.432 e. The lowest BCUT2D eigenvalue weighted by Crippen LogP contribution is -2.32. The summed E-state index contributed by atoms with van der Waals surface area (Å²) < 4.78 is 5.35. The van der Waals surface area contributed by atoms with E-state index in [0.29, 0.717) is 5.06 Å². The first-order valence-electron chi connectivity index (χ1n) is 9.57. The largest absolute Gasteiger partial charge is 0.533 e. The number of carbonyl (C=O) groups excluding carboxylic acids is 3. The lowest BCUT2D eigenvalue weighted by atomic mass is 9.96. The standard InChI is InChI=1S/C23H13I2NO5S2/c24-32-9-7-14-1-3-16-17-4-2-15(8-10-33-25)12-19(17)20(18(16)11-14)13-30-23(29)31-26-21(27)5-6-22(26)28/h1-4,11-12,20H,5-6,13H2. The Hall–Kier alpha value is -1.87. The summed E-state index contributed by atoms with van der Waals surface area (Å²) in [6.45, 7) is -0.0229. The van der Waals surface area contributed by atoms with Crippen LogP contribution in [0.25, 0.3) is 11.1 Å². The van der Waals surface area contributed by atoms with Crippen molar-refractivity contribution in [2.45, 2.75) is 18.8 Å². The predicted molar refractivity (Wildman–Crippen MR) is 144 cm³/mol. The van der Waals surface area contributed by atoms with Gasteiger partial charge >= 0.3 is 6.16 Å². The molecule has 0 radical (unpaired) electrons. The SMILES string of the molecule is O=C(OCC1c2cc(C#CSI)ccc2-c2ccc(C#CSI)cc21)ON1C(=O)CCC1=O. The van der Waals surface area contributed by atoms with E-state index in [0.717, 1.165) is 33.4 Å². The highest BCUT2D eigenvalue weighted by Gasteiger charge is 2.35. The van der Waals surface area contributed by atoms with Crippen molar-refractivity contribution >= 4 is 78.2 Å². The average Bonchev–Trinajstić information content (AvgIpc) is 3.30. The van der Waals surface area contributed by atoms with E-state index >= 15 is 0 Å². The zero-order valence-electron chi connectivity index (χ0n) is 16.7. The van der Waals surface area contributed by atoms with Gasteiger partial charge in [0, 0.05) is 72.3 Å². The van der Waals surface area contributed by atoms with Crippen molar-refractivity contribution < 1.29 is 24.0 Å². The molecule has 0 N–H and O–H groups in total. The third-order valence-corrected chi connectivity index (χ3v) is 6.83. The number of hydrogen-bond donors (Lipinski definition) is 0. The van der Waals surface area contributed by atoms with Gasteiger partial charge in [-0.1, -0.05) is 29.0 Å². The molecule has 2 aromatic rings. The van der Waals surface area contributed by atoms with Gasteiger partial charge in [-0.3, -0.25) is 14.4 Å². The molecule has 2 aromatic carbocycles. The number of benzene rings is 2. The summed E-state index contributed by atoms with van der Waals surface area (Å²) in [5.74, 6) is 4.82.